The zero-order valence-corrected chi connectivity index (χ0v) is 14.1. The number of halogens is 1. The van der Waals surface area contributed by atoms with Crippen molar-refractivity contribution < 1.29 is 4.79 Å². The number of ketones is 1. The first-order valence-electron chi connectivity index (χ1n) is 7.68. The molecule has 0 radical (unpaired) electrons. The van der Waals surface area contributed by atoms with Gasteiger partial charge in [-0.05, 0) is 78.9 Å². The van der Waals surface area contributed by atoms with E-state index < -0.39 is 0 Å². The molecule has 1 heterocycles. The average Bonchev–Trinajstić information content (AvgIpc) is 2.91. The number of rotatable bonds is 3. The molecule has 1 saturated heterocycles. The number of Topliss-reactive ketones (excluding diaryl/α,β-unsaturated/α-hetero) is 1. The van der Waals surface area contributed by atoms with Crippen LogP contribution in [0, 0.1) is 8.99 Å². The molecule has 1 saturated carbocycles. The van der Waals surface area contributed by atoms with Gasteiger partial charge in [0.1, 0.15) is 0 Å². The van der Waals surface area contributed by atoms with Crippen LogP contribution in [0.15, 0.2) is 24.3 Å². The number of carbonyl (C=O) groups excluding carboxylic acids is 1. The van der Waals surface area contributed by atoms with Gasteiger partial charge in [-0.2, -0.15) is 0 Å². The third-order valence-electron chi connectivity index (χ3n) is 5.11. The van der Waals surface area contributed by atoms with Gasteiger partial charge in [-0.25, -0.2) is 0 Å². The molecule has 0 aromatic heterocycles. The van der Waals surface area contributed by atoms with Crippen LogP contribution < -0.4 is 0 Å². The van der Waals surface area contributed by atoms with Crippen molar-refractivity contribution in [3.8, 4) is 0 Å². The summed E-state index contributed by atoms with van der Waals surface area (Å²) in [6.07, 6.45) is 8.28. The Kier molecular flexibility index (Phi) is 4.46. The third-order valence-corrected chi connectivity index (χ3v) is 5.83. The standard InChI is InChI=1S/C17H22INO/c18-15-5-3-14(4-6-15)16(20)13-19-11-9-17(10-12-19)7-1-2-8-17/h3-6H,1-2,7-13H2. The van der Waals surface area contributed by atoms with Gasteiger partial charge in [0.15, 0.2) is 5.78 Å². The van der Waals surface area contributed by atoms with Gasteiger partial charge in [-0.1, -0.05) is 25.0 Å². The van der Waals surface area contributed by atoms with Crippen molar-refractivity contribution in [2.24, 2.45) is 5.41 Å². The summed E-state index contributed by atoms with van der Waals surface area (Å²) in [6, 6.07) is 7.92. The van der Waals surface area contributed by atoms with Crippen molar-refractivity contribution in [1.29, 1.82) is 0 Å². The van der Waals surface area contributed by atoms with Crippen LogP contribution in [0.5, 0.6) is 0 Å². The first kappa shape index (κ1) is 14.5. The Labute approximate surface area is 135 Å². The van der Waals surface area contributed by atoms with Crippen molar-refractivity contribution in [3.05, 3.63) is 33.4 Å². The fraction of sp³-hybridized carbons (Fsp3) is 0.588. The topological polar surface area (TPSA) is 20.3 Å². The highest BCUT2D eigenvalue weighted by Gasteiger charge is 2.37. The Morgan fingerprint density at radius 2 is 1.65 bits per heavy atom. The number of likely N-dealkylation sites (tertiary alicyclic amines) is 1. The molecule has 0 N–H and O–H groups in total. The number of hydrogen-bond acceptors (Lipinski definition) is 2. The third kappa shape index (κ3) is 3.25. The van der Waals surface area contributed by atoms with E-state index in [9.17, 15) is 4.79 Å². The van der Waals surface area contributed by atoms with Gasteiger partial charge in [-0.15, -0.1) is 0 Å². The van der Waals surface area contributed by atoms with Gasteiger partial charge in [0, 0.05) is 9.13 Å². The molecule has 2 nitrogen and oxygen atoms in total. The highest BCUT2D eigenvalue weighted by molar-refractivity contribution is 14.1. The Hall–Kier alpha value is -0.420. The zero-order valence-electron chi connectivity index (χ0n) is 11.9. The second-order valence-corrected chi connectivity index (χ2v) is 7.66. The highest BCUT2D eigenvalue weighted by Crippen LogP contribution is 2.46. The molecule has 20 heavy (non-hydrogen) atoms. The Morgan fingerprint density at radius 1 is 1.05 bits per heavy atom. The van der Waals surface area contributed by atoms with Crippen LogP contribution in [0.4, 0.5) is 0 Å². The smallest absolute Gasteiger partial charge is 0.176 e. The number of hydrogen-bond donors (Lipinski definition) is 0. The largest absolute Gasteiger partial charge is 0.296 e. The lowest BCUT2D eigenvalue weighted by Gasteiger charge is -2.39. The van der Waals surface area contributed by atoms with E-state index in [1.54, 1.807) is 0 Å². The maximum atomic E-state index is 12.3. The van der Waals surface area contributed by atoms with E-state index >= 15 is 0 Å². The molecule has 2 aliphatic rings. The van der Waals surface area contributed by atoms with Gasteiger partial charge < -0.3 is 0 Å². The van der Waals surface area contributed by atoms with E-state index in [2.05, 4.69) is 27.5 Å². The van der Waals surface area contributed by atoms with Gasteiger partial charge >= 0.3 is 0 Å². The number of benzene rings is 1. The van der Waals surface area contributed by atoms with Gasteiger partial charge in [0.2, 0.25) is 0 Å². The average molecular weight is 383 g/mol. The molecule has 1 aromatic rings. The monoisotopic (exact) mass is 383 g/mol. The van der Waals surface area contributed by atoms with Crippen LogP contribution in [0.2, 0.25) is 0 Å². The first-order chi connectivity index (χ1) is 9.67. The minimum absolute atomic E-state index is 0.267. The predicted octanol–water partition coefficient (Wildman–Crippen LogP) is 4.13. The Bertz CT molecular complexity index is 466. The number of nitrogens with zero attached hydrogens (tertiary/aromatic N) is 1. The molecule has 1 spiro atoms. The molecule has 3 heteroatoms. The van der Waals surface area contributed by atoms with Crippen molar-refractivity contribution in [2.45, 2.75) is 38.5 Å². The fourth-order valence-corrected chi connectivity index (χ4v) is 4.10. The molecule has 0 bridgehead atoms. The van der Waals surface area contributed by atoms with Crippen LogP contribution >= 0.6 is 22.6 Å². The summed E-state index contributed by atoms with van der Waals surface area (Å²) in [4.78, 5) is 14.6. The molecule has 0 unspecified atom stereocenters. The lowest BCUT2D eigenvalue weighted by molar-refractivity contribution is 0.0797. The zero-order chi connectivity index (χ0) is 14.0. The molecule has 0 atom stereocenters. The number of carbonyl (C=O) groups is 1. The van der Waals surface area contributed by atoms with E-state index in [-0.39, 0.29) is 5.78 Å². The Morgan fingerprint density at radius 3 is 2.25 bits per heavy atom. The fourth-order valence-electron chi connectivity index (χ4n) is 3.74. The van der Waals surface area contributed by atoms with Crippen LogP contribution in [0.1, 0.15) is 48.9 Å². The van der Waals surface area contributed by atoms with Crippen LogP contribution in [-0.2, 0) is 0 Å². The summed E-state index contributed by atoms with van der Waals surface area (Å²) >= 11 is 2.27. The molecular weight excluding hydrogens is 361 g/mol. The minimum atomic E-state index is 0.267. The van der Waals surface area contributed by atoms with Crippen molar-refractivity contribution >= 4 is 28.4 Å². The van der Waals surface area contributed by atoms with Gasteiger partial charge in [-0.3, -0.25) is 9.69 Å². The summed E-state index contributed by atoms with van der Waals surface area (Å²) in [5, 5.41) is 0. The maximum absolute atomic E-state index is 12.3. The van der Waals surface area contributed by atoms with Crippen molar-refractivity contribution in [2.75, 3.05) is 19.6 Å². The first-order valence-corrected chi connectivity index (χ1v) is 8.76. The number of piperidine rings is 1. The molecule has 1 aliphatic heterocycles. The molecular formula is C17H22INO. The van der Waals surface area contributed by atoms with Gasteiger partial charge in [0.25, 0.3) is 0 Å². The summed E-state index contributed by atoms with van der Waals surface area (Å²) in [7, 11) is 0. The second kappa shape index (κ2) is 6.14. The van der Waals surface area contributed by atoms with E-state index in [1.807, 2.05) is 24.3 Å². The van der Waals surface area contributed by atoms with Crippen molar-refractivity contribution in [3.63, 3.8) is 0 Å². The van der Waals surface area contributed by atoms with Crippen molar-refractivity contribution in [1.82, 2.24) is 4.90 Å². The predicted molar refractivity (Wildman–Crippen MR) is 90.1 cm³/mol. The lowest BCUT2D eigenvalue weighted by atomic mass is 9.77. The van der Waals surface area contributed by atoms with E-state index in [0.29, 0.717) is 12.0 Å². The molecule has 1 aromatic carbocycles. The quantitative estimate of drug-likeness (QED) is 0.578. The summed E-state index contributed by atoms with van der Waals surface area (Å²) < 4.78 is 1.18. The molecule has 108 valence electrons. The normalized spacial score (nSPS) is 22.2. The van der Waals surface area contributed by atoms with E-state index in [4.69, 9.17) is 0 Å². The highest BCUT2D eigenvalue weighted by atomic mass is 127. The minimum Gasteiger partial charge on any atom is -0.296 e. The molecule has 1 aliphatic carbocycles. The second-order valence-electron chi connectivity index (χ2n) is 6.41. The summed E-state index contributed by atoms with van der Waals surface area (Å²) in [6.45, 7) is 2.81. The Balaban J connectivity index is 1.54. The molecule has 3 rings (SSSR count). The summed E-state index contributed by atoms with van der Waals surface area (Å²) in [5.41, 5.74) is 1.49. The SMILES string of the molecule is O=C(CN1CCC2(CCCC2)CC1)c1ccc(I)cc1. The van der Waals surface area contributed by atoms with Crippen LogP contribution in [0.3, 0.4) is 0 Å². The van der Waals surface area contributed by atoms with Crippen LogP contribution in [0.25, 0.3) is 0 Å². The molecule has 0 amide bonds. The molecule has 2 fully saturated rings. The summed E-state index contributed by atoms with van der Waals surface area (Å²) in [5.74, 6) is 0.267. The van der Waals surface area contributed by atoms with E-state index in [1.165, 1.54) is 42.1 Å². The van der Waals surface area contributed by atoms with Gasteiger partial charge in [0.05, 0.1) is 6.54 Å². The lowest BCUT2D eigenvalue weighted by Crippen LogP contribution is -2.41. The maximum Gasteiger partial charge on any atom is 0.176 e. The van der Waals surface area contributed by atoms with Crippen LogP contribution in [-0.4, -0.2) is 30.3 Å². The van der Waals surface area contributed by atoms with E-state index in [0.717, 1.165) is 18.7 Å².